The lowest BCUT2D eigenvalue weighted by Crippen LogP contribution is -2.25. The van der Waals surface area contributed by atoms with Gasteiger partial charge in [-0.3, -0.25) is 4.79 Å². The van der Waals surface area contributed by atoms with Crippen molar-refractivity contribution in [1.29, 1.82) is 0 Å². The average molecular weight is 206 g/mol. The van der Waals surface area contributed by atoms with Crippen molar-refractivity contribution in [1.82, 2.24) is 0 Å². The minimum Gasteiger partial charge on any atom is -0.299 e. The highest BCUT2D eigenvalue weighted by Crippen LogP contribution is 2.36. The van der Waals surface area contributed by atoms with Crippen LogP contribution in [0.2, 0.25) is 0 Å². The van der Waals surface area contributed by atoms with Gasteiger partial charge in [0.05, 0.1) is 0 Å². The highest BCUT2D eigenvalue weighted by Gasteiger charge is 2.29. The fourth-order valence-electron chi connectivity index (χ4n) is 3.13. The first-order valence-corrected chi connectivity index (χ1v) is 6.50. The smallest absolute Gasteiger partial charge is 0.139 e. The molecule has 15 heavy (non-hydrogen) atoms. The molecule has 0 aromatic rings. The SMILES string of the molecule is C=C(C1CCCCC1)C1CCCCC1=O. The molecule has 0 radical (unpaired) electrons. The Labute approximate surface area is 92.9 Å². The fourth-order valence-corrected chi connectivity index (χ4v) is 3.13. The van der Waals surface area contributed by atoms with Gasteiger partial charge in [0.25, 0.3) is 0 Å². The van der Waals surface area contributed by atoms with Crippen LogP contribution in [-0.2, 0) is 4.79 Å². The van der Waals surface area contributed by atoms with Crippen molar-refractivity contribution in [2.75, 3.05) is 0 Å². The predicted molar refractivity (Wildman–Crippen MR) is 62.7 cm³/mol. The van der Waals surface area contributed by atoms with Crippen LogP contribution in [0.5, 0.6) is 0 Å². The van der Waals surface area contributed by atoms with E-state index in [9.17, 15) is 4.79 Å². The summed E-state index contributed by atoms with van der Waals surface area (Å²) in [6.07, 6.45) is 10.8. The second kappa shape index (κ2) is 4.96. The van der Waals surface area contributed by atoms with Crippen molar-refractivity contribution in [2.45, 2.75) is 57.8 Å². The highest BCUT2D eigenvalue weighted by molar-refractivity contribution is 5.84. The summed E-state index contributed by atoms with van der Waals surface area (Å²) in [6.45, 7) is 4.23. The second-order valence-electron chi connectivity index (χ2n) is 5.17. The molecule has 0 heterocycles. The van der Waals surface area contributed by atoms with Gasteiger partial charge in [0.1, 0.15) is 5.78 Å². The molecule has 2 aliphatic rings. The molecule has 1 unspecified atom stereocenters. The summed E-state index contributed by atoms with van der Waals surface area (Å²) in [5.74, 6) is 1.35. The molecular weight excluding hydrogens is 184 g/mol. The van der Waals surface area contributed by atoms with Crippen LogP contribution in [0.1, 0.15) is 57.8 Å². The minimum atomic E-state index is 0.224. The monoisotopic (exact) mass is 206 g/mol. The lowest BCUT2D eigenvalue weighted by Gasteiger charge is -2.30. The summed E-state index contributed by atoms with van der Waals surface area (Å²) in [6, 6.07) is 0. The summed E-state index contributed by atoms with van der Waals surface area (Å²) in [7, 11) is 0. The molecule has 0 spiro atoms. The maximum absolute atomic E-state index is 11.8. The molecule has 0 N–H and O–H groups in total. The van der Waals surface area contributed by atoms with Crippen molar-refractivity contribution >= 4 is 5.78 Å². The van der Waals surface area contributed by atoms with Gasteiger partial charge in [0.15, 0.2) is 0 Å². The van der Waals surface area contributed by atoms with Crippen LogP contribution < -0.4 is 0 Å². The molecule has 0 saturated heterocycles. The standard InChI is InChI=1S/C14H22O/c1-11(12-7-3-2-4-8-12)13-9-5-6-10-14(13)15/h12-13H,1-10H2. The number of carbonyl (C=O) groups excluding carboxylic acids is 1. The first kappa shape index (κ1) is 10.9. The maximum atomic E-state index is 11.8. The van der Waals surface area contributed by atoms with E-state index in [0.717, 1.165) is 19.3 Å². The van der Waals surface area contributed by atoms with E-state index in [4.69, 9.17) is 0 Å². The summed E-state index contributed by atoms with van der Waals surface area (Å²) >= 11 is 0. The second-order valence-corrected chi connectivity index (χ2v) is 5.17. The topological polar surface area (TPSA) is 17.1 Å². The van der Waals surface area contributed by atoms with Gasteiger partial charge in [-0.2, -0.15) is 0 Å². The molecular formula is C14H22O. The first-order valence-electron chi connectivity index (χ1n) is 6.50. The number of hydrogen-bond donors (Lipinski definition) is 0. The van der Waals surface area contributed by atoms with Crippen molar-refractivity contribution in [3.8, 4) is 0 Å². The fraction of sp³-hybridized carbons (Fsp3) is 0.786. The van der Waals surface area contributed by atoms with E-state index in [1.807, 2.05) is 0 Å². The van der Waals surface area contributed by atoms with E-state index >= 15 is 0 Å². The Kier molecular flexibility index (Phi) is 3.61. The summed E-state index contributed by atoms with van der Waals surface area (Å²) < 4.78 is 0. The number of Topliss-reactive ketones (excluding diaryl/α,β-unsaturated/α-hetero) is 1. The van der Waals surface area contributed by atoms with Crippen LogP contribution in [-0.4, -0.2) is 5.78 Å². The lowest BCUT2D eigenvalue weighted by atomic mass is 9.74. The van der Waals surface area contributed by atoms with Crippen molar-refractivity contribution < 1.29 is 4.79 Å². The molecule has 84 valence electrons. The Morgan fingerprint density at radius 2 is 1.67 bits per heavy atom. The molecule has 0 aromatic heterocycles. The van der Waals surface area contributed by atoms with Gasteiger partial charge >= 0.3 is 0 Å². The van der Waals surface area contributed by atoms with Gasteiger partial charge in [-0.25, -0.2) is 0 Å². The van der Waals surface area contributed by atoms with Gasteiger partial charge < -0.3 is 0 Å². The van der Waals surface area contributed by atoms with E-state index in [1.165, 1.54) is 44.1 Å². The minimum absolute atomic E-state index is 0.224. The van der Waals surface area contributed by atoms with Gasteiger partial charge in [-0.15, -0.1) is 0 Å². The molecule has 0 bridgehead atoms. The highest BCUT2D eigenvalue weighted by atomic mass is 16.1. The molecule has 2 saturated carbocycles. The van der Waals surface area contributed by atoms with Crippen molar-refractivity contribution in [3.05, 3.63) is 12.2 Å². The number of rotatable bonds is 2. The van der Waals surface area contributed by atoms with Gasteiger partial charge in [-0.1, -0.05) is 37.8 Å². The molecule has 2 aliphatic carbocycles. The van der Waals surface area contributed by atoms with E-state index in [1.54, 1.807) is 0 Å². The van der Waals surface area contributed by atoms with Crippen LogP contribution in [0, 0.1) is 11.8 Å². The quantitative estimate of drug-likeness (QED) is 0.627. The Balaban J connectivity index is 1.95. The molecule has 2 fully saturated rings. The lowest BCUT2D eigenvalue weighted by molar-refractivity contribution is -0.123. The molecule has 1 atom stereocenters. The largest absolute Gasteiger partial charge is 0.299 e. The van der Waals surface area contributed by atoms with Crippen LogP contribution in [0.25, 0.3) is 0 Å². The first-order chi connectivity index (χ1) is 7.29. The zero-order valence-corrected chi connectivity index (χ0v) is 9.63. The number of hydrogen-bond acceptors (Lipinski definition) is 1. The third-order valence-electron chi connectivity index (χ3n) is 4.13. The van der Waals surface area contributed by atoms with Crippen molar-refractivity contribution in [2.24, 2.45) is 11.8 Å². The van der Waals surface area contributed by atoms with Gasteiger partial charge in [0.2, 0.25) is 0 Å². The van der Waals surface area contributed by atoms with E-state index in [0.29, 0.717) is 11.7 Å². The van der Waals surface area contributed by atoms with Crippen LogP contribution >= 0.6 is 0 Å². The van der Waals surface area contributed by atoms with Crippen molar-refractivity contribution in [3.63, 3.8) is 0 Å². The maximum Gasteiger partial charge on any atom is 0.139 e. The molecule has 0 aromatic carbocycles. The molecule has 1 nitrogen and oxygen atoms in total. The molecule has 1 heteroatoms. The van der Waals surface area contributed by atoms with Crippen LogP contribution in [0.15, 0.2) is 12.2 Å². The predicted octanol–water partition coefficient (Wildman–Crippen LogP) is 3.88. The number of carbonyl (C=O) groups is 1. The Morgan fingerprint density at radius 1 is 1.00 bits per heavy atom. The number of ketones is 1. The Morgan fingerprint density at radius 3 is 2.33 bits per heavy atom. The van der Waals surface area contributed by atoms with Crippen LogP contribution in [0.4, 0.5) is 0 Å². The molecule has 2 rings (SSSR count). The zero-order valence-electron chi connectivity index (χ0n) is 9.63. The normalized spacial score (nSPS) is 29.1. The van der Waals surface area contributed by atoms with E-state index in [2.05, 4.69) is 6.58 Å². The van der Waals surface area contributed by atoms with E-state index < -0.39 is 0 Å². The Hall–Kier alpha value is -0.590. The summed E-state index contributed by atoms with van der Waals surface area (Å²) in [5.41, 5.74) is 1.28. The summed E-state index contributed by atoms with van der Waals surface area (Å²) in [4.78, 5) is 11.8. The number of allylic oxidation sites excluding steroid dienone is 1. The summed E-state index contributed by atoms with van der Waals surface area (Å²) in [5, 5.41) is 0. The molecule has 0 aliphatic heterocycles. The third-order valence-corrected chi connectivity index (χ3v) is 4.13. The average Bonchev–Trinajstić information content (AvgIpc) is 2.30. The zero-order chi connectivity index (χ0) is 10.7. The Bertz CT molecular complexity index is 248. The van der Waals surface area contributed by atoms with Gasteiger partial charge in [0, 0.05) is 12.3 Å². The third kappa shape index (κ3) is 2.50. The van der Waals surface area contributed by atoms with E-state index in [-0.39, 0.29) is 5.92 Å². The molecule has 0 amide bonds. The van der Waals surface area contributed by atoms with Gasteiger partial charge in [-0.05, 0) is 31.6 Å². The van der Waals surface area contributed by atoms with Crippen LogP contribution in [0.3, 0.4) is 0 Å².